The Morgan fingerprint density at radius 3 is 2.48 bits per heavy atom. The van der Waals surface area contributed by atoms with Gasteiger partial charge in [-0.2, -0.15) is 0 Å². The van der Waals surface area contributed by atoms with E-state index in [9.17, 15) is 27.6 Å². The molecule has 61 heavy (non-hydrogen) atoms. The van der Waals surface area contributed by atoms with Crippen LogP contribution in [0.25, 0.3) is 10.9 Å². The fraction of sp³-hybridized carbons (Fsp3) is 0.667. The van der Waals surface area contributed by atoms with E-state index >= 15 is 0 Å². The van der Waals surface area contributed by atoms with E-state index in [2.05, 4.69) is 32.9 Å². The van der Waals surface area contributed by atoms with Gasteiger partial charge in [-0.05, 0) is 75.3 Å². The van der Waals surface area contributed by atoms with E-state index in [1.54, 1.807) is 13.8 Å². The highest BCUT2D eigenvalue weighted by atomic mass is 32.2. The average molecular weight is 865 g/mol. The normalized spacial score (nSPS) is 27.6. The van der Waals surface area contributed by atoms with Gasteiger partial charge in [0.15, 0.2) is 0 Å². The first-order chi connectivity index (χ1) is 28.8. The van der Waals surface area contributed by atoms with E-state index in [1.165, 1.54) is 17.9 Å². The van der Waals surface area contributed by atoms with Crippen LogP contribution in [0.1, 0.15) is 104 Å². The summed E-state index contributed by atoms with van der Waals surface area (Å²) >= 11 is 0. The fourth-order valence-electron chi connectivity index (χ4n) is 8.75. The molecule has 3 N–H and O–H groups in total. The number of aromatic nitrogens is 1. The van der Waals surface area contributed by atoms with Gasteiger partial charge in [0.2, 0.25) is 27.7 Å². The summed E-state index contributed by atoms with van der Waals surface area (Å²) in [5, 5.41) is 6.74. The van der Waals surface area contributed by atoms with E-state index in [0.717, 1.165) is 67.2 Å². The number of para-hydroxylation sites is 1. The molecular formula is C45H64N6O9S. The Labute approximate surface area is 360 Å². The molecular weight excluding hydrogens is 801 g/mol. The Balaban J connectivity index is 1.26. The van der Waals surface area contributed by atoms with Crippen molar-refractivity contribution in [2.24, 2.45) is 17.3 Å². The van der Waals surface area contributed by atoms with Gasteiger partial charge in [-0.15, -0.1) is 6.58 Å². The molecule has 2 aromatic rings. The van der Waals surface area contributed by atoms with Gasteiger partial charge in [-0.25, -0.2) is 18.2 Å². The first-order valence-electron chi connectivity index (χ1n) is 22.0. The molecule has 1 aromatic carbocycles. The predicted molar refractivity (Wildman–Crippen MR) is 230 cm³/mol. The maximum absolute atomic E-state index is 14.9. The molecule has 0 spiro atoms. The van der Waals surface area contributed by atoms with Crippen LogP contribution >= 0.6 is 0 Å². The Morgan fingerprint density at radius 1 is 1.07 bits per heavy atom. The fourth-order valence-corrected chi connectivity index (χ4v) is 10.1. The first-order valence-corrected chi connectivity index (χ1v) is 23.5. The number of ether oxygens (including phenoxy) is 3. The van der Waals surface area contributed by atoms with Crippen LogP contribution in [0.4, 0.5) is 4.79 Å². The van der Waals surface area contributed by atoms with Crippen LogP contribution in [0.3, 0.4) is 0 Å². The van der Waals surface area contributed by atoms with Crippen LogP contribution < -0.4 is 20.1 Å². The molecule has 3 aliphatic heterocycles. The molecule has 5 aliphatic rings. The lowest BCUT2D eigenvalue weighted by atomic mass is 9.85. The zero-order valence-electron chi connectivity index (χ0n) is 36.6. The van der Waals surface area contributed by atoms with Crippen molar-refractivity contribution >= 4 is 44.7 Å². The van der Waals surface area contributed by atoms with Gasteiger partial charge in [0.1, 0.15) is 29.8 Å². The van der Waals surface area contributed by atoms with Gasteiger partial charge >= 0.3 is 6.09 Å². The number of amides is 4. The quantitative estimate of drug-likeness (QED) is 0.296. The summed E-state index contributed by atoms with van der Waals surface area (Å²) in [5.41, 5.74) is 0.334. The summed E-state index contributed by atoms with van der Waals surface area (Å²) in [6.07, 6.45) is 5.94. The zero-order valence-corrected chi connectivity index (χ0v) is 37.4. The molecule has 2 saturated heterocycles. The topological polar surface area (TPSA) is 186 Å². The van der Waals surface area contributed by atoms with Gasteiger partial charge in [0.05, 0.1) is 30.0 Å². The van der Waals surface area contributed by atoms with E-state index in [1.807, 2.05) is 39.0 Å². The van der Waals surface area contributed by atoms with Crippen molar-refractivity contribution in [3.05, 3.63) is 48.0 Å². The summed E-state index contributed by atoms with van der Waals surface area (Å²) in [4.78, 5) is 65.9. The first kappa shape index (κ1) is 44.8. The summed E-state index contributed by atoms with van der Waals surface area (Å²) in [6.45, 7) is 17.6. The second-order valence-corrected chi connectivity index (χ2v) is 21.5. The Bertz CT molecular complexity index is 2130. The van der Waals surface area contributed by atoms with Crippen LogP contribution in [0.5, 0.6) is 5.88 Å². The number of hydrogen-bond donors (Lipinski definition) is 3. The summed E-state index contributed by atoms with van der Waals surface area (Å²) in [6, 6.07) is 5.77. The second kappa shape index (κ2) is 17.5. The Morgan fingerprint density at radius 2 is 1.79 bits per heavy atom. The monoisotopic (exact) mass is 864 g/mol. The number of morpholine rings is 1. The third kappa shape index (κ3) is 9.70. The molecule has 4 amide bonds. The molecule has 4 heterocycles. The number of pyridine rings is 1. The minimum atomic E-state index is -4.05. The number of sulfonamides is 1. The van der Waals surface area contributed by atoms with Crippen molar-refractivity contribution in [2.45, 2.75) is 140 Å². The highest BCUT2D eigenvalue weighted by Gasteiger charge is 2.54. The van der Waals surface area contributed by atoms with Crippen LogP contribution in [-0.4, -0.2) is 114 Å². The molecule has 2 aliphatic carbocycles. The minimum absolute atomic E-state index is 0.0235. The van der Waals surface area contributed by atoms with Crippen molar-refractivity contribution in [3.63, 3.8) is 0 Å². The van der Waals surface area contributed by atoms with Gasteiger partial charge < -0.3 is 29.7 Å². The number of benzene rings is 1. The molecule has 7 atom stereocenters. The molecule has 4 fully saturated rings. The van der Waals surface area contributed by atoms with Crippen LogP contribution in [0, 0.1) is 17.3 Å². The molecule has 2 saturated carbocycles. The number of nitrogens with zero attached hydrogens (tertiary/aromatic N) is 3. The summed E-state index contributed by atoms with van der Waals surface area (Å²) in [7, 11) is -4.05. The third-order valence-corrected chi connectivity index (χ3v) is 15.8. The van der Waals surface area contributed by atoms with E-state index in [4.69, 9.17) is 19.2 Å². The molecule has 16 heteroatoms. The van der Waals surface area contributed by atoms with Gasteiger partial charge in [0.25, 0.3) is 5.91 Å². The van der Waals surface area contributed by atoms with Gasteiger partial charge in [-0.1, -0.05) is 64.8 Å². The predicted octanol–water partition coefficient (Wildman–Crippen LogP) is 4.76. The maximum atomic E-state index is 14.9. The third-order valence-electron chi connectivity index (χ3n) is 13.6. The van der Waals surface area contributed by atoms with Crippen LogP contribution in [-0.2, 0) is 46.8 Å². The van der Waals surface area contributed by atoms with Crippen molar-refractivity contribution < 1.29 is 41.8 Å². The number of hydrogen-bond acceptors (Lipinski definition) is 11. The molecule has 7 rings (SSSR count). The number of alkyl carbamates (subject to hydrolysis) is 1. The number of fused-ring (bicyclic) bond motifs is 5. The lowest BCUT2D eigenvalue weighted by Crippen LogP contribution is -2.65. The summed E-state index contributed by atoms with van der Waals surface area (Å²) in [5.74, 6) is -2.11. The molecule has 1 aromatic heterocycles. The number of carbonyl (C=O) groups is 4. The molecule has 15 nitrogen and oxygen atoms in total. The van der Waals surface area contributed by atoms with E-state index < -0.39 is 73.6 Å². The number of rotatable bonds is 9. The molecule has 334 valence electrons. The molecule has 0 radical (unpaired) electrons. The lowest BCUT2D eigenvalue weighted by Gasteiger charge is -2.37. The lowest BCUT2D eigenvalue weighted by molar-refractivity contribution is -0.143. The van der Waals surface area contributed by atoms with Crippen molar-refractivity contribution in [3.8, 4) is 5.88 Å². The SMILES string of the molecule is C=CC(C)C(C)(NC(=O)C1CC2CN1C(=O)C(C(C)(C)C)NC(=O)OC1CC1CCCCCc1c(nc3ccccc3c1CN1CCOCC1)O2)C(=O)NS(=O)(=O)C1(C)CC1. The zero-order chi connectivity index (χ0) is 43.9. The van der Waals surface area contributed by atoms with Crippen molar-refractivity contribution in [1.82, 2.24) is 30.1 Å². The highest BCUT2D eigenvalue weighted by Crippen LogP contribution is 2.43. The molecule has 2 bridgehead atoms. The molecule has 7 unspecified atom stereocenters. The van der Waals surface area contributed by atoms with Crippen LogP contribution in [0.15, 0.2) is 36.9 Å². The van der Waals surface area contributed by atoms with Gasteiger partial charge in [-0.3, -0.25) is 24.0 Å². The maximum Gasteiger partial charge on any atom is 0.408 e. The Hall–Kier alpha value is -4.28. The van der Waals surface area contributed by atoms with Crippen molar-refractivity contribution in [2.75, 3.05) is 32.8 Å². The van der Waals surface area contributed by atoms with Crippen LogP contribution in [0.2, 0.25) is 0 Å². The Kier molecular flexibility index (Phi) is 12.8. The summed E-state index contributed by atoms with van der Waals surface area (Å²) < 4.78 is 46.0. The standard InChI is InChI=1S/C45H64N6O9S/c1-8-28(2)45(7,41(54)49-61(56,57)44(6)18-19-44)48-38(52)35-25-30-26-51(35)40(53)37(43(3,4)5)47-42(55)60-36-24-29(36)14-10-9-11-16-32-33(27-50-20-22-58-23-21-50)31-15-12-13-17-34(31)46-39(32)59-30/h8,12-13,15,17,28-30,35-37H,1,9-11,14,16,18-27H2,2-7H3,(H,47,55)(H,48,52)(H,49,54). The highest BCUT2D eigenvalue weighted by molar-refractivity contribution is 7.91. The number of carbonyl (C=O) groups excluding carboxylic acids is 4. The van der Waals surface area contributed by atoms with Crippen molar-refractivity contribution in [1.29, 1.82) is 0 Å². The van der Waals surface area contributed by atoms with E-state index in [-0.39, 0.29) is 25.0 Å². The van der Waals surface area contributed by atoms with E-state index in [0.29, 0.717) is 44.9 Å². The number of nitrogens with one attached hydrogen (secondary N) is 3. The minimum Gasteiger partial charge on any atom is -0.472 e. The smallest absolute Gasteiger partial charge is 0.408 e. The average Bonchev–Trinajstić information content (AvgIpc) is 4.11. The largest absolute Gasteiger partial charge is 0.472 e. The second-order valence-electron chi connectivity index (χ2n) is 19.3. The van der Waals surface area contributed by atoms with Gasteiger partial charge in [0, 0.05) is 42.9 Å².